The van der Waals surface area contributed by atoms with Gasteiger partial charge in [-0.15, -0.1) is 0 Å². The van der Waals surface area contributed by atoms with Gasteiger partial charge in [-0.3, -0.25) is 0 Å². The Balaban J connectivity index is 0.000000423. The number of carboxylic acids is 1. The van der Waals surface area contributed by atoms with Gasteiger partial charge in [0.25, 0.3) is 0 Å². The van der Waals surface area contributed by atoms with E-state index in [0.717, 1.165) is 11.3 Å². The van der Waals surface area contributed by atoms with E-state index in [1.807, 2.05) is 12.1 Å². The molecule has 1 unspecified atom stereocenters. The van der Waals surface area contributed by atoms with Gasteiger partial charge in [-0.1, -0.05) is 12.1 Å². The number of hydrogen-bond acceptors (Lipinski definition) is 6. The largest absolute Gasteiger partial charge is 0.490 e. The summed E-state index contributed by atoms with van der Waals surface area (Å²) in [4.78, 5) is 13.2. The average Bonchev–Trinajstić information content (AvgIpc) is 3.22. The molecule has 0 spiro atoms. The van der Waals surface area contributed by atoms with E-state index in [0.29, 0.717) is 17.0 Å². The number of furan rings is 1. The molecule has 162 valence electrons. The first kappa shape index (κ1) is 23.4. The highest BCUT2D eigenvalue weighted by Gasteiger charge is 2.38. The molecule has 0 aliphatic heterocycles. The highest BCUT2D eigenvalue weighted by Crippen LogP contribution is 2.31. The molecule has 0 radical (unpaired) electrons. The summed E-state index contributed by atoms with van der Waals surface area (Å²) in [7, 11) is -1.13. The van der Waals surface area contributed by atoms with Crippen molar-refractivity contribution in [3.63, 3.8) is 0 Å². The number of pyridine rings is 1. The van der Waals surface area contributed by atoms with Crippen molar-refractivity contribution in [1.82, 2.24) is 4.98 Å². The molecule has 0 saturated heterocycles. The van der Waals surface area contributed by atoms with Gasteiger partial charge in [-0.2, -0.15) is 18.4 Å². The average molecular weight is 452 g/mol. The van der Waals surface area contributed by atoms with Gasteiger partial charge in [-0.25, -0.2) is 14.0 Å². The lowest BCUT2D eigenvalue weighted by molar-refractivity contribution is -0.192. The molecule has 8 nitrogen and oxygen atoms in total. The molecule has 0 fully saturated rings. The number of aromatic nitrogens is 1. The van der Waals surface area contributed by atoms with Crippen molar-refractivity contribution >= 4 is 28.5 Å². The van der Waals surface area contributed by atoms with Crippen LogP contribution in [0.5, 0.6) is 0 Å². The quantitative estimate of drug-likeness (QED) is 0.546. The van der Waals surface area contributed by atoms with Gasteiger partial charge >= 0.3 is 12.1 Å². The topological polar surface area (TPSA) is 142 Å². The smallest absolute Gasteiger partial charge is 0.475 e. The van der Waals surface area contributed by atoms with E-state index < -0.39 is 23.1 Å². The maximum absolute atomic E-state index is 11.2. The van der Waals surface area contributed by atoms with Crippen LogP contribution in [0.2, 0.25) is 0 Å². The third-order valence-corrected chi connectivity index (χ3v) is 4.15. The number of aliphatic carboxylic acids is 1. The molecule has 0 amide bonds. The summed E-state index contributed by atoms with van der Waals surface area (Å²) in [6, 6.07) is 14.7. The minimum Gasteiger partial charge on any atom is -0.475 e. The van der Waals surface area contributed by atoms with E-state index in [-0.39, 0.29) is 11.4 Å². The third-order valence-electron chi connectivity index (χ3n) is 3.63. The third kappa shape index (κ3) is 6.31. The molecular weight excluding hydrogens is 437 g/mol. The Bertz CT molecular complexity index is 1120. The molecule has 2 aromatic heterocycles. The number of nitrogens with two attached hydrogens (primary N) is 1. The van der Waals surface area contributed by atoms with Gasteiger partial charge in [0.15, 0.2) is 0 Å². The zero-order valence-electron chi connectivity index (χ0n) is 15.8. The van der Waals surface area contributed by atoms with Gasteiger partial charge in [0.2, 0.25) is 0 Å². The SMILES string of the molecule is CS(=O)Nc1ccc(-c2cc(-c3ccco3)c(C#N)c(N)n2)cc1.O=C(O)C(F)(F)F. The summed E-state index contributed by atoms with van der Waals surface area (Å²) < 4.78 is 51.1. The summed E-state index contributed by atoms with van der Waals surface area (Å²) in [5.74, 6) is -2.05. The number of anilines is 2. The fourth-order valence-corrected chi connectivity index (χ4v) is 2.80. The van der Waals surface area contributed by atoms with Crippen molar-refractivity contribution in [2.45, 2.75) is 6.18 Å². The molecular formula is C19H15F3N4O4S. The Labute approximate surface area is 176 Å². The lowest BCUT2D eigenvalue weighted by Gasteiger charge is -2.09. The summed E-state index contributed by atoms with van der Waals surface area (Å²) in [5, 5.41) is 16.5. The van der Waals surface area contributed by atoms with Crippen LogP contribution in [-0.4, -0.2) is 32.7 Å². The Hall–Kier alpha value is -3.85. The minimum atomic E-state index is -5.08. The number of nitriles is 1. The molecule has 1 atom stereocenters. The second-order valence-corrected chi connectivity index (χ2v) is 6.95. The number of alkyl halides is 3. The van der Waals surface area contributed by atoms with Crippen molar-refractivity contribution in [2.24, 2.45) is 0 Å². The second kappa shape index (κ2) is 9.77. The van der Waals surface area contributed by atoms with Crippen LogP contribution in [-0.2, 0) is 15.8 Å². The highest BCUT2D eigenvalue weighted by molar-refractivity contribution is 7.85. The Morgan fingerprint density at radius 1 is 1.29 bits per heavy atom. The summed E-state index contributed by atoms with van der Waals surface area (Å²) in [5.41, 5.74) is 9.02. The van der Waals surface area contributed by atoms with E-state index in [1.165, 1.54) is 6.26 Å². The van der Waals surface area contributed by atoms with E-state index in [4.69, 9.17) is 20.1 Å². The second-order valence-electron chi connectivity index (χ2n) is 5.84. The first-order valence-corrected chi connectivity index (χ1v) is 9.84. The highest BCUT2D eigenvalue weighted by atomic mass is 32.2. The van der Waals surface area contributed by atoms with Crippen LogP contribution in [0.25, 0.3) is 22.6 Å². The van der Waals surface area contributed by atoms with Crippen molar-refractivity contribution in [2.75, 3.05) is 16.7 Å². The Morgan fingerprint density at radius 2 is 1.90 bits per heavy atom. The number of nitrogen functional groups attached to an aromatic ring is 1. The molecule has 0 aliphatic carbocycles. The predicted molar refractivity (Wildman–Crippen MR) is 108 cm³/mol. The Kier molecular flexibility index (Phi) is 7.38. The molecule has 3 aromatic rings. The van der Waals surface area contributed by atoms with Crippen molar-refractivity contribution in [3.05, 3.63) is 54.3 Å². The maximum atomic E-state index is 11.2. The summed E-state index contributed by atoms with van der Waals surface area (Å²) in [6.45, 7) is 0. The monoisotopic (exact) mass is 452 g/mol. The van der Waals surface area contributed by atoms with Crippen LogP contribution >= 0.6 is 0 Å². The maximum Gasteiger partial charge on any atom is 0.490 e. The zero-order valence-corrected chi connectivity index (χ0v) is 16.6. The number of carbonyl (C=O) groups is 1. The number of halogens is 3. The van der Waals surface area contributed by atoms with Crippen molar-refractivity contribution in [1.29, 1.82) is 5.26 Å². The number of carboxylic acid groups (broad SMARTS) is 1. The fourth-order valence-electron chi connectivity index (χ4n) is 2.33. The molecule has 31 heavy (non-hydrogen) atoms. The van der Waals surface area contributed by atoms with Gasteiger partial charge in [0.05, 0.1) is 12.0 Å². The lowest BCUT2D eigenvalue weighted by atomic mass is 10.0. The van der Waals surface area contributed by atoms with E-state index in [2.05, 4.69) is 15.8 Å². The molecule has 0 aliphatic rings. The van der Waals surface area contributed by atoms with Gasteiger partial charge in [0.1, 0.15) is 34.2 Å². The molecule has 12 heteroatoms. The normalized spacial score (nSPS) is 11.6. The number of rotatable bonds is 4. The Morgan fingerprint density at radius 3 is 2.35 bits per heavy atom. The number of hydrogen-bond donors (Lipinski definition) is 3. The van der Waals surface area contributed by atoms with E-state index >= 15 is 0 Å². The van der Waals surface area contributed by atoms with Gasteiger partial charge in [0, 0.05) is 23.1 Å². The molecule has 3 rings (SSSR count). The van der Waals surface area contributed by atoms with Crippen LogP contribution in [0.1, 0.15) is 5.56 Å². The molecule has 0 saturated carbocycles. The number of benzene rings is 1. The number of nitrogens with zero attached hydrogens (tertiary/aromatic N) is 2. The molecule has 1 aromatic carbocycles. The van der Waals surface area contributed by atoms with E-state index in [9.17, 15) is 22.6 Å². The van der Waals surface area contributed by atoms with Crippen LogP contribution in [0.4, 0.5) is 24.7 Å². The summed E-state index contributed by atoms with van der Waals surface area (Å²) >= 11 is 0. The lowest BCUT2D eigenvalue weighted by Crippen LogP contribution is -2.21. The van der Waals surface area contributed by atoms with Crippen LogP contribution in [0.3, 0.4) is 0 Å². The first-order chi connectivity index (χ1) is 14.5. The van der Waals surface area contributed by atoms with Crippen molar-refractivity contribution in [3.8, 4) is 28.7 Å². The minimum absolute atomic E-state index is 0.151. The molecule has 2 heterocycles. The fraction of sp³-hybridized carbons (Fsp3) is 0.105. The van der Waals surface area contributed by atoms with Crippen LogP contribution in [0.15, 0.2) is 53.1 Å². The standard InChI is InChI=1S/C17H14N4O2S.C2HF3O2/c1-24(22)21-12-6-4-11(5-7-12)15-9-13(16-3-2-8-23-16)14(10-18)17(19)20-15;3-2(4,5)1(6)7/h2-9,21H,1H3,(H2,19,20);(H,6,7). The van der Waals surface area contributed by atoms with Crippen LogP contribution < -0.4 is 10.5 Å². The first-order valence-electron chi connectivity index (χ1n) is 8.28. The van der Waals surface area contributed by atoms with Gasteiger partial charge in [-0.05, 0) is 30.3 Å². The van der Waals surface area contributed by atoms with Crippen LogP contribution in [0, 0.1) is 11.3 Å². The molecule has 4 N–H and O–H groups in total. The summed E-state index contributed by atoms with van der Waals surface area (Å²) in [6.07, 6.45) is -1.98. The van der Waals surface area contributed by atoms with E-state index in [1.54, 1.807) is 36.6 Å². The number of nitrogens with one attached hydrogen (secondary N) is 1. The molecule has 0 bridgehead atoms. The predicted octanol–water partition coefficient (Wildman–Crippen LogP) is 3.80. The zero-order chi connectivity index (χ0) is 23.2. The van der Waals surface area contributed by atoms with Crippen molar-refractivity contribution < 1.29 is 31.7 Å². The van der Waals surface area contributed by atoms with Gasteiger partial charge < -0.3 is 20.0 Å².